The van der Waals surface area contributed by atoms with Gasteiger partial charge in [0.15, 0.2) is 0 Å². The minimum Gasteiger partial charge on any atom is -0.311 e. The first-order valence-electron chi connectivity index (χ1n) is 4.54. The second kappa shape index (κ2) is 3.76. The molecular formula is C10H18N2S. The van der Waals surface area contributed by atoms with Crippen molar-refractivity contribution in [1.29, 1.82) is 0 Å². The number of rotatable bonds is 2. The Hall–Kier alpha value is -0.410. The highest BCUT2D eigenvalue weighted by molar-refractivity contribution is 7.09. The van der Waals surface area contributed by atoms with Crippen LogP contribution in [-0.2, 0) is 0 Å². The van der Waals surface area contributed by atoms with E-state index in [9.17, 15) is 0 Å². The number of hydrogen-bond acceptors (Lipinski definition) is 3. The van der Waals surface area contributed by atoms with Gasteiger partial charge < -0.3 is 5.32 Å². The highest BCUT2D eigenvalue weighted by Crippen LogP contribution is 2.32. The topological polar surface area (TPSA) is 24.9 Å². The molecule has 13 heavy (non-hydrogen) atoms. The Balaban J connectivity index is 2.91. The standard InChI is InChI=1S/C10H18N2S/c1-7-12-8(6-13-7)9(11-5)10(2,3)4/h6,9,11H,1-5H3. The van der Waals surface area contributed by atoms with Crippen LogP contribution in [0.5, 0.6) is 0 Å². The minimum absolute atomic E-state index is 0.218. The van der Waals surface area contributed by atoms with Crippen molar-refractivity contribution in [2.45, 2.75) is 33.7 Å². The summed E-state index contributed by atoms with van der Waals surface area (Å²) in [5, 5.41) is 6.59. The first-order chi connectivity index (χ1) is 5.95. The molecule has 0 saturated carbocycles. The lowest BCUT2D eigenvalue weighted by atomic mass is 9.85. The van der Waals surface area contributed by atoms with E-state index in [1.165, 1.54) is 0 Å². The number of hydrogen-bond donors (Lipinski definition) is 1. The van der Waals surface area contributed by atoms with Gasteiger partial charge >= 0.3 is 0 Å². The Morgan fingerprint density at radius 2 is 2.08 bits per heavy atom. The Labute approximate surface area is 84.4 Å². The Morgan fingerprint density at radius 1 is 1.46 bits per heavy atom. The van der Waals surface area contributed by atoms with Crippen molar-refractivity contribution in [3.63, 3.8) is 0 Å². The highest BCUT2D eigenvalue weighted by Gasteiger charge is 2.26. The molecule has 0 aliphatic carbocycles. The van der Waals surface area contributed by atoms with Gasteiger partial charge in [-0.3, -0.25) is 0 Å². The van der Waals surface area contributed by atoms with E-state index >= 15 is 0 Å². The summed E-state index contributed by atoms with van der Waals surface area (Å²) >= 11 is 1.71. The summed E-state index contributed by atoms with van der Waals surface area (Å²) in [5.74, 6) is 0. The van der Waals surface area contributed by atoms with E-state index in [0.717, 1.165) is 10.7 Å². The monoisotopic (exact) mass is 198 g/mol. The average molecular weight is 198 g/mol. The van der Waals surface area contributed by atoms with Gasteiger partial charge in [0.1, 0.15) is 0 Å². The van der Waals surface area contributed by atoms with Gasteiger partial charge in [0.25, 0.3) is 0 Å². The van der Waals surface area contributed by atoms with E-state index < -0.39 is 0 Å². The third-order valence-electron chi connectivity index (χ3n) is 2.09. The zero-order valence-corrected chi connectivity index (χ0v) is 9.83. The van der Waals surface area contributed by atoms with Crippen LogP contribution in [0.1, 0.15) is 37.5 Å². The van der Waals surface area contributed by atoms with Crippen molar-refractivity contribution < 1.29 is 0 Å². The van der Waals surface area contributed by atoms with Crippen LogP contribution in [0.2, 0.25) is 0 Å². The second-order valence-electron chi connectivity index (χ2n) is 4.38. The quantitative estimate of drug-likeness (QED) is 0.790. The Morgan fingerprint density at radius 3 is 2.38 bits per heavy atom. The van der Waals surface area contributed by atoms with E-state index in [0.29, 0.717) is 6.04 Å². The van der Waals surface area contributed by atoms with Gasteiger partial charge in [-0.25, -0.2) is 4.98 Å². The van der Waals surface area contributed by atoms with Crippen molar-refractivity contribution in [3.05, 3.63) is 16.1 Å². The van der Waals surface area contributed by atoms with Gasteiger partial charge in [-0.1, -0.05) is 20.8 Å². The predicted octanol–water partition coefficient (Wildman–Crippen LogP) is 2.76. The van der Waals surface area contributed by atoms with E-state index in [4.69, 9.17) is 0 Å². The molecule has 3 heteroatoms. The molecule has 1 aromatic heterocycles. The molecule has 0 saturated heterocycles. The fourth-order valence-electron chi connectivity index (χ4n) is 1.54. The summed E-state index contributed by atoms with van der Waals surface area (Å²) < 4.78 is 0. The molecule has 1 heterocycles. The summed E-state index contributed by atoms with van der Waals surface area (Å²) in [6, 6.07) is 0.345. The molecule has 0 aliphatic rings. The van der Waals surface area contributed by atoms with Gasteiger partial charge in [0, 0.05) is 5.38 Å². The smallest absolute Gasteiger partial charge is 0.0898 e. The Bertz CT molecular complexity index is 273. The lowest BCUT2D eigenvalue weighted by Gasteiger charge is -2.28. The number of nitrogens with one attached hydrogen (secondary N) is 1. The minimum atomic E-state index is 0.218. The molecular weight excluding hydrogens is 180 g/mol. The fourth-order valence-corrected chi connectivity index (χ4v) is 2.18. The van der Waals surface area contributed by atoms with Crippen LogP contribution in [0, 0.1) is 12.3 Å². The van der Waals surface area contributed by atoms with Gasteiger partial charge in [-0.15, -0.1) is 11.3 Å². The van der Waals surface area contributed by atoms with Crippen LogP contribution in [0.4, 0.5) is 0 Å². The molecule has 1 rings (SSSR count). The largest absolute Gasteiger partial charge is 0.311 e. The molecule has 1 aromatic rings. The van der Waals surface area contributed by atoms with Crippen LogP contribution < -0.4 is 5.32 Å². The van der Waals surface area contributed by atoms with Crippen molar-refractivity contribution in [3.8, 4) is 0 Å². The van der Waals surface area contributed by atoms with Crippen molar-refractivity contribution >= 4 is 11.3 Å². The van der Waals surface area contributed by atoms with Crippen LogP contribution in [-0.4, -0.2) is 12.0 Å². The molecule has 2 nitrogen and oxygen atoms in total. The fraction of sp³-hybridized carbons (Fsp3) is 0.700. The lowest BCUT2D eigenvalue weighted by molar-refractivity contribution is 0.282. The maximum atomic E-state index is 4.50. The predicted molar refractivity (Wildman–Crippen MR) is 58.1 cm³/mol. The first-order valence-corrected chi connectivity index (χ1v) is 5.42. The summed E-state index contributed by atoms with van der Waals surface area (Å²) in [4.78, 5) is 4.50. The van der Waals surface area contributed by atoms with Gasteiger partial charge in [0.2, 0.25) is 0 Å². The first kappa shape index (κ1) is 10.7. The maximum absolute atomic E-state index is 4.50. The summed E-state index contributed by atoms with van der Waals surface area (Å²) in [5.41, 5.74) is 1.38. The molecule has 0 aliphatic heterocycles. The summed E-state index contributed by atoms with van der Waals surface area (Å²) in [7, 11) is 1.99. The molecule has 1 unspecified atom stereocenters. The molecule has 0 fully saturated rings. The number of thiazole rings is 1. The van der Waals surface area contributed by atoms with Crippen LogP contribution in [0.25, 0.3) is 0 Å². The van der Waals surface area contributed by atoms with E-state index in [1.54, 1.807) is 11.3 Å². The van der Waals surface area contributed by atoms with Gasteiger partial charge in [-0.05, 0) is 19.4 Å². The molecule has 0 aromatic carbocycles. The summed E-state index contributed by atoms with van der Waals surface area (Å²) in [6.45, 7) is 8.72. The van der Waals surface area contributed by atoms with Gasteiger partial charge in [-0.2, -0.15) is 0 Å². The van der Waals surface area contributed by atoms with E-state index in [-0.39, 0.29) is 5.41 Å². The molecule has 74 valence electrons. The Kier molecular flexibility index (Phi) is 3.09. The molecule has 0 amide bonds. The van der Waals surface area contributed by atoms with Crippen LogP contribution in [0.3, 0.4) is 0 Å². The average Bonchev–Trinajstić information content (AvgIpc) is 2.34. The third kappa shape index (κ3) is 2.51. The van der Waals surface area contributed by atoms with Crippen molar-refractivity contribution in [2.24, 2.45) is 5.41 Å². The third-order valence-corrected chi connectivity index (χ3v) is 2.88. The normalized spacial score (nSPS) is 14.5. The van der Waals surface area contributed by atoms with Crippen molar-refractivity contribution in [1.82, 2.24) is 10.3 Å². The molecule has 1 atom stereocenters. The SMILES string of the molecule is CNC(c1csc(C)n1)C(C)(C)C. The molecule has 0 radical (unpaired) electrons. The highest BCUT2D eigenvalue weighted by atomic mass is 32.1. The van der Waals surface area contributed by atoms with E-state index in [1.807, 2.05) is 14.0 Å². The summed E-state index contributed by atoms with van der Waals surface area (Å²) in [6.07, 6.45) is 0. The zero-order chi connectivity index (χ0) is 10.1. The van der Waals surface area contributed by atoms with Crippen LogP contribution >= 0.6 is 11.3 Å². The molecule has 0 bridgehead atoms. The maximum Gasteiger partial charge on any atom is 0.0898 e. The lowest BCUT2D eigenvalue weighted by Crippen LogP contribution is -2.29. The van der Waals surface area contributed by atoms with Crippen molar-refractivity contribution in [2.75, 3.05) is 7.05 Å². The molecule has 1 N–H and O–H groups in total. The van der Waals surface area contributed by atoms with Gasteiger partial charge in [0.05, 0.1) is 16.7 Å². The molecule has 0 spiro atoms. The number of aryl methyl sites for hydroxylation is 1. The number of nitrogens with zero attached hydrogens (tertiary/aromatic N) is 1. The van der Waals surface area contributed by atoms with Crippen LogP contribution in [0.15, 0.2) is 5.38 Å². The number of aromatic nitrogens is 1. The van der Waals surface area contributed by atoms with E-state index in [2.05, 4.69) is 36.5 Å². The second-order valence-corrected chi connectivity index (χ2v) is 5.44. The zero-order valence-electron chi connectivity index (χ0n) is 9.01.